The zero-order valence-corrected chi connectivity index (χ0v) is 11.4. The molecule has 0 aliphatic rings. The van der Waals surface area contributed by atoms with Crippen molar-refractivity contribution in [3.63, 3.8) is 0 Å². The second-order valence-corrected chi connectivity index (χ2v) is 4.44. The maximum Gasteiger partial charge on any atom is 0.0923 e. The first-order valence-electron chi connectivity index (χ1n) is 5.31. The molecule has 0 aliphatic heterocycles. The Bertz CT molecular complexity index is 372. The van der Waals surface area contributed by atoms with Crippen LogP contribution in [0.1, 0.15) is 6.42 Å². The lowest BCUT2D eigenvalue weighted by Crippen LogP contribution is -2.31. The number of hydrogen-bond acceptors (Lipinski definition) is 4. The highest BCUT2D eigenvalue weighted by atomic mass is 79.9. The van der Waals surface area contributed by atoms with Crippen molar-refractivity contribution in [1.29, 1.82) is 5.41 Å². The van der Waals surface area contributed by atoms with Crippen molar-refractivity contribution in [2.45, 2.75) is 6.42 Å². The Balaban J connectivity index is 2.74. The number of aromatic nitrogens is 1. The third-order valence-corrected chi connectivity index (χ3v) is 2.92. The van der Waals surface area contributed by atoms with E-state index in [9.17, 15) is 0 Å². The van der Waals surface area contributed by atoms with Crippen LogP contribution in [0.2, 0.25) is 0 Å². The molecule has 5 nitrogen and oxygen atoms in total. The Morgan fingerprint density at radius 3 is 2.94 bits per heavy atom. The molecule has 0 amide bonds. The number of nitrogens with zero attached hydrogens (tertiary/aromatic N) is 2. The maximum absolute atomic E-state index is 7.28. The molecule has 17 heavy (non-hydrogen) atoms. The molecule has 6 heteroatoms. The molecule has 0 radical (unpaired) electrons. The number of pyridine rings is 1. The molecule has 1 rings (SSSR count). The van der Waals surface area contributed by atoms with E-state index < -0.39 is 0 Å². The first kappa shape index (κ1) is 13.9. The van der Waals surface area contributed by atoms with Gasteiger partial charge in [-0.1, -0.05) is 0 Å². The first-order chi connectivity index (χ1) is 8.15. The smallest absolute Gasteiger partial charge is 0.0923 e. The number of hydrogen-bond donors (Lipinski definition) is 2. The van der Waals surface area contributed by atoms with Gasteiger partial charge in [-0.25, -0.2) is 0 Å². The fraction of sp³-hybridized carbons (Fsp3) is 0.455. The lowest BCUT2D eigenvalue weighted by molar-refractivity contribution is 0.205. The minimum Gasteiger partial charge on any atom is -0.388 e. The molecule has 0 saturated heterocycles. The Kier molecular flexibility index (Phi) is 5.93. The van der Waals surface area contributed by atoms with E-state index in [1.165, 1.54) is 0 Å². The highest BCUT2D eigenvalue weighted by molar-refractivity contribution is 9.10. The van der Waals surface area contributed by atoms with Gasteiger partial charge in [0.25, 0.3) is 0 Å². The zero-order valence-electron chi connectivity index (χ0n) is 9.82. The van der Waals surface area contributed by atoms with Gasteiger partial charge in [0.1, 0.15) is 0 Å². The van der Waals surface area contributed by atoms with Crippen molar-refractivity contribution >= 4 is 27.5 Å². The number of nitrogens with one attached hydrogen (secondary N) is 1. The van der Waals surface area contributed by atoms with Crippen LogP contribution >= 0.6 is 15.9 Å². The molecule has 0 saturated carbocycles. The normalized spacial score (nSPS) is 10.2. The molecule has 0 unspecified atom stereocenters. The molecule has 0 aromatic carbocycles. The number of halogens is 1. The number of rotatable bonds is 7. The Morgan fingerprint density at radius 2 is 2.35 bits per heavy atom. The van der Waals surface area contributed by atoms with E-state index in [-0.39, 0.29) is 5.84 Å². The highest BCUT2D eigenvalue weighted by Crippen LogP contribution is 2.24. The largest absolute Gasteiger partial charge is 0.388 e. The van der Waals surface area contributed by atoms with E-state index in [2.05, 4.69) is 25.8 Å². The number of amidine groups is 1. The summed E-state index contributed by atoms with van der Waals surface area (Å²) in [6, 6.07) is 1.93. The summed E-state index contributed by atoms with van der Waals surface area (Å²) >= 11 is 3.47. The van der Waals surface area contributed by atoms with Crippen LogP contribution in [0.3, 0.4) is 0 Å². The van der Waals surface area contributed by atoms with Gasteiger partial charge >= 0.3 is 0 Å². The number of anilines is 1. The summed E-state index contributed by atoms with van der Waals surface area (Å²) in [5.41, 5.74) is 6.43. The first-order valence-corrected chi connectivity index (χ1v) is 6.10. The molecule has 0 fully saturated rings. The van der Waals surface area contributed by atoms with Crippen molar-refractivity contribution in [3.05, 3.63) is 22.9 Å². The van der Waals surface area contributed by atoms with Crippen molar-refractivity contribution in [2.24, 2.45) is 5.73 Å². The second-order valence-electron chi connectivity index (χ2n) is 3.58. The van der Waals surface area contributed by atoms with Gasteiger partial charge in [0.05, 0.1) is 22.6 Å². The third-order valence-electron chi connectivity index (χ3n) is 2.31. The van der Waals surface area contributed by atoms with Gasteiger partial charge in [0, 0.05) is 39.0 Å². The average Bonchev–Trinajstić information content (AvgIpc) is 2.30. The van der Waals surface area contributed by atoms with Crippen LogP contribution in [-0.2, 0) is 4.74 Å². The molecule has 0 atom stereocenters. The molecule has 0 bridgehead atoms. The Morgan fingerprint density at radius 1 is 1.59 bits per heavy atom. The standard InChI is InChI=1S/C11H17BrN4O/c1-17-7-6-16(5-3-11(13)14)10-2-4-15-8-9(10)12/h2,4,8H,3,5-7H2,1H3,(H3,13,14). The summed E-state index contributed by atoms with van der Waals surface area (Å²) in [5, 5.41) is 7.28. The van der Waals surface area contributed by atoms with Crippen LogP contribution in [0.4, 0.5) is 5.69 Å². The van der Waals surface area contributed by atoms with Crippen LogP contribution in [0.15, 0.2) is 22.9 Å². The Hall–Kier alpha value is -1.14. The van der Waals surface area contributed by atoms with E-state index in [0.29, 0.717) is 19.6 Å². The summed E-state index contributed by atoms with van der Waals surface area (Å²) < 4.78 is 6.01. The molecule has 1 heterocycles. The van der Waals surface area contributed by atoms with Crippen molar-refractivity contribution in [3.8, 4) is 0 Å². The molecule has 94 valence electrons. The van der Waals surface area contributed by atoms with Crippen molar-refractivity contribution in [1.82, 2.24) is 4.98 Å². The van der Waals surface area contributed by atoms with Crippen LogP contribution < -0.4 is 10.6 Å². The molecular weight excluding hydrogens is 284 g/mol. The molecule has 1 aromatic rings. The van der Waals surface area contributed by atoms with E-state index in [1.54, 1.807) is 19.5 Å². The number of methoxy groups -OCH3 is 1. The van der Waals surface area contributed by atoms with Crippen LogP contribution in [0, 0.1) is 5.41 Å². The molecule has 0 spiro atoms. The minimum absolute atomic E-state index is 0.192. The zero-order chi connectivity index (χ0) is 12.7. The van der Waals surface area contributed by atoms with E-state index in [0.717, 1.165) is 16.7 Å². The summed E-state index contributed by atoms with van der Waals surface area (Å²) in [7, 11) is 1.67. The topological polar surface area (TPSA) is 75.2 Å². The fourth-order valence-corrected chi connectivity index (χ4v) is 1.94. The summed E-state index contributed by atoms with van der Waals surface area (Å²) in [5.74, 6) is 0.192. The van der Waals surface area contributed by atoms with Crippen LogP contribution in [0.25, 0.3) is 0 Å². The SMILES string of the molecule is COCCN(CCC(=N)N)c1ccncc1Br. The van der Waals surface area contributed by atoms with Gasteiger partial charge in [0.2, 0.25) is 0 Å². The highest BCUT2D eigenvalue weighted by Gasteiger charge is 2.10. The van der Waals surface area contributed by atoms with Gasteiger partial charge in [0.15, 0.2) is 0 Å². The van der Waals surface area contributed by atoms with Gasteiger partial charge in [-0.05, 0) is 22.0 Å². The van der Waals surface area contributed by atoms with E-state index >= 15 is 0 Å². The second kappa shape index (κ2) is 7.24. The molecule has 3 N–H and O–H groups in total. The van der Waals surface area contributed by atoms with Crippen LogP contribution in [0.5, 0.6) is 0 Å². The molecular formula is C11H17BrN4O. The van der Waals surface area contributed by atoms with Crippen molar-refractivity contribution < 1.29 is 4.74 Å². The van der Waals surface area contributed by atoms with Crippen molar-refractivity contribution in [2.75, 3.05) is 31.7 Å². The van der Waals surface area contributed by atoms with Gasteiger partial charge in [-0.2, -0.15) is 0 Å². The van der Waals surface area contributed by atoms with Gasteiger partial charge in [-0.3, -0.25) is 10.4 Å². The summed E-state index contributed by atoms with van der Waals surface area (Å²) in [4.78, 5) is 6.15. The van der Waals surface area contributed by atoms with E-state index in [4.69, 9.17) is 15.9 Å². The maximum atomic E-state index is 7.28. The van der Waals surface area contributed by atoms with E-state index in [1.807, 2.05) is 6.07 Å². The predicted octanol–water partition coefficient (Wildman–Crippen LogP) is 1.62. The molecule has 0 aliphatic carbocycles. The van der Waals surface area contributed by atoms with Gasteiger partial charge in [-0.15, -0.1) is 0 Å². The quantitative estimate of drug-likeness (QED) is 0.593. The minimum atomic E-state index is 0.192. The Labute approximate surface area is 110 Å². The summed E-state index contributed by atoms with van der Waals surface area (Å²) in [6.07, 6.45) is 4.04. The average molecular weight is 301 g/mol. The monoisotopic (exact) mass is 300 g/mol. The summed E-state index contributed by atoms with van der Waals surface area (Å²) in [6.45, 7) is 2.08. The fourth-order valence-electron chi connectivity index (χ4n) is 1.43. The number of ether oxygens (including phenoxy) is 1. The van der Waals surface area contributed by atoms with Crippen LogP contribution in [-0.4, -0.2) is 37.6 Å². The molecule has 1 aromatic heterocycles. The lowest BCUT2D eigenvalue weighted by Gasteiger charge is -2.25. The van der Waals surface area contributed by atoms with Gasteiger partial charge < -0.3 is 15.4 Å². The third kappa shape index (κ3) is 4.70. The lowest BCUT2D eigenvalue weighted by atomic mass is 10.3. The predicted molar refractivity (Wildman–Crippen MR) is 72.6 cm³/mol. The number of nitrogens with two attached hydrogens (primary N) is 1.